The van der Waals surface area contributed by atoms with Gasteiger partial charge in [0.05, 0.1) is 24.4 Å². The van der Waals surface area contributed by atoms with Gasteiger partial charge in [0, 0.05) is 19.2 Å². The third-order valence-electron chi connectivity index (χ3n) is 2.43. The van der Waals surface area contributed by atoms with Crippen molar-refractivity contribution in [3.05, 3.63) is 42.0 Å². The van der Waals surface area contributed by atoms with E-state index in [2.05, 4.69) is 9.88 Å². The highest BCUT2D eigenvalue weighted by molar-refractivity contribution is 5.52. The predicted octanol–water partition coefficient (Wildman–Crippen LogP) is 2.20. The first-order valence-electron chi connectivity index (χ1n) is 5.11. The van der Waals surface area contributed by atoms with Crippen molar-refractivity contribution in [3.8, 4) is 0 Å². The summed E-state index contributed by atoms with van der Waals surface area (Å²) in [6.45, 7) is 2.78. The first-order valence-corrected chi connectivity index (χ1v) is 5.11. The minimum atomic E-state index is 0.693. The van der Waals surface area contributed by atoms with E-state index in [1.54, 1.807) is 18.7 Å². The summed E-state index contributed by atoms with van der Waals surface area (Å²) < 4.78 is 5.03. The van der Waals surface area contributed by atoms with Gasteiger partial charge in [-0.15, -0.1) is 0 Å². The topological polar surface area (TPSA) is 55.3 Å². The largest absolute Gasteiger partial charge is 0.472 e. The Hall–Kier alpha value is -1.97. The van der Waals surface area contributed by atoms with Crippen LogP contribution in [0.1, 0.15) is 11.1 Å². The van der Waals surface area contributed by atoms with Gasteiger partial charge in [0.2, 0.25) is 0 Å². The van der Waals surface area contributed by atoms with E-state index >= 15 is 0 Å². The second kappa shape index (κ2) is 4.26. The molecule has 84 valence electrons. The molecular weight excluding hydrogens is 202 g/mol. The third kappa shape index (κ3) is 2.16. The summed E-state index contributed by atoms with van der Waals surface area (Å²) in [7, 11) is 2.00. The van der Waals surface area contributed by atoms with Crippen LogP contribution in [0.3, 0.4) is 0 Å². The van der Waals surface area contributed by atoms with Gasteiger partial charge in [-0.2, -0.15) is 0 Å². The van der Waals surface area contributed by atoms with Crippen LogP contribution in [-0.4, -0.2) is 12.0 Å². The quantitative estimate of drug-likeness (QED) is 0.856. The first-order chi connectivity index (χ1) is 7.66. The number of nitrogens with two attached hydrogens (primary N) is 1. The Bertz CT molecular complexity index is 465. The molecule has 0 amide bonds. The van der Waals surface area contributed by atoms with E-state index in [4.69, 9.17) is 10.2 Å². The van der Waals surface area contributed by atoms with Crippen LogP contribution >= 0.6 is 0 Å². The van der Waals surface area contributed by atoms with Crippen LogP contribution in [0.5, 0.6) is 0 Å². The van der Waals surface area contributed by atoms with E-state index in [1.165, 1.54) is 0 Å². The number of pyridine rings is 1. The molecule has 4 heteroatoms. The summed E-state index contributed by atoms with van der Waals surface area (Å²) in [5, 5.41) is 0. The maximum Gasteiger partial charge on any atom is 0.131 e. The SMILES string of the molecule is Cc1cc(N)cnc1N(C)Cc1ccoc1. The lowest BCUT2D eigenvalue weighted by molar-refractivity contribution is 0.563. The number of hydrogen-bond acceptors (Lipinski definition) is 4. The summed E-state index contributed by atoms with van der Waals surface area (Å²) in [5.41, 5.74) is 8.56. The monoisotopic (exact) mass is 217 g/mol. The summed E-state index contributed by atoms with van der Waals surface area (Å²) in [5.74, 6) is 0.940. The molecule has 0 bridgehead atoms. The van der Waals surface area contributed by atoms with E-state index in [9.17, 15) is 0 Å². The zero-order valence-electron chi connectivity index (χ0n) is 9.47. The highest BCUT2D eigenvalue weighted by Gasteiger charge is 2.07. The van der Waals surface area contributed by atoms with Crippen molar-refractivity contribution in [2.75, 3.05) is 17.7 Å². The van der Waals surface area contributed by atoms with Crippen LogP contribution < -0.4 is 10.6 Å². The molecule has 2 aromatic rings. The first kappa shape index (κ1) is 10.5. The summed E-state index contributed by atoms with van der Waals surface area (Å²) in [6, 6.07) is 3.87. The molecule has 0 saturated carbocycles. The lowest BCUT2D eigenvalue weighted by atomic mass is 10.2. The molecule has 0 fully saturated rings. The van der Waals surface area contributed by atoms with Crippen molar-refractivity contribution >= 4 is 11.5 Å². The second-order valence-electron chi connectivity index (χ2n) is 3.90. The maximum absolute atomic E-state index is 5.67. The number of rotatable bonds is 3. The maximum atomic E-state index is 5.67. The zero-order valence-corrected chi connectivity index (χ0v) is 9.47. The molecule has 2 aromatic heterocycles. The molecule has 4 nitrogen and oxygen atoms in total. The van der Waals surface area contributed by atoms with Gasteiger partial charge < -0.3 is 15.1 Å². The molecule has 0 radical (unpaired) electrons. The van der Waals surface area contributed by atoms with Crippen LogP contribution in [-0.2, 0) is 6.54 Å². The van der Waals surface area contributed by atoms with Gasteiger partial charge >= 0.3 is 0 Å². The average molecular weight is 217 g/mol. The van der Waals surface area contributed by atoms with Crippen molar-refractivity contribution in [3.63, 3.8) is 0 Å². The van der Waals surface area contributed by atoms with E-state index in [1.807, 2.05) is 26.1 Å². The number of hydrogen-bond donors (Lipinski definition) is 1. The lowest BCUT2D eigenvalue weighted by Crippen LogP contribution is -2.18. The van der Waals surface area contributed by atoms with Crippen molar-refractivity contribution in [1.82, 2.24) is 4.98 Å². The molecule has 0 aliphatic heterocycles. The van der Waals surface area contributed by atoms with Crippen molar-refractivity contribution in [1.29, 1.82) is 0 Å². The molecule has 0 aromatic carbocycles. The summed E-state index contributed by atoms with van der Waals surface area (Å²) >= 11 is 0. The fraction of sp³-hybridized carbons (Fsp3) is 0.250. The number of anilines is 2. The van der Waals surface area contributed by atoms with Crippen LogP contribution in [0.25, 0.3) is 0 Å². The van der Waals surface area contributed by atoms with E-state index in [0.29, 0.717) is 5.69 Å². The molecule has 0 aliphatic rings. The molecule has 16 heavy (non-hydrogen) atoms. The average Bonchev–Trinajstić information content (AvgIpc) is 2.70. The van der Waals surface area contributed by atoms with Crippen LogP contribution in [0, 0.1) is 6.92 Å². The molecule has 2 N–H and O–H groups in total. The minimum Gasteiger partial charge on any atom is -0.472 e. The van der Waals surface area contributed by atoms with Crippen LogP contribution in [0.15, 0.2) is 35.3 Å². The molecule has 0 saturated heterocycles. The van der Waals surface area contributed by atoms with Crippen molar-refractivity contribution in [2.45, 2.75) is 13.5 Å². The van der Waals surface area contributed by atoms with Crippen molar-refractivity contribution in [2.24, 2.45) is 0 Å². The summed E-state index contributed by atoms with van der Waals surface area (Å²) in [4.78, 5) is 6.40. The van der Waals surface area contributed by atoms with Crippen LogP contribution in [0.2, 0.25) is 0 Å². The Balaban J connectivity index is 2.17. The van der Waals surface area contributed by atoms with Gasteiger partial charge in [-0.1, -0.05) is 0 Å². The number of aromatic nitrogens is 1. The fourth-order valence-electron chi connectivity index (χ4n) is 1.72. The van der Waals surface area contributed by atoms with E-state index in [-0.39, 0.29) is 0 Å². The summed E-state index contributed by atoms with van der Waals surface area (Å²) in [6.07, 6.45) is 5.09. The molecule has 0 spiro atoms. The zero-order chi connectivity index (χ0) is 11.5. The van der Waals surface area contributed by atoms with Gasteiger partial charge in [0.1, 0.15) is 5.82 Å². The normalized spacial score (nSPS) is 10.4. The number of furan rings is 1. The van der Waals surface area contributed by atoms with E-state index in [0.717, 1.165) is 23.5 Å². The van der Waals surface area contributed by atoms with Crippen molar-refractivity contribution < 1.29 is 4.42 Å². The number of aryl methyl sites for hydroxylation is 1. The molecule has 0 aliphatic carbocycles. The van der Waals surface area contributed by atoms with E-state index < -0.39 is 0 Å². The Kier molecular flexibility index (Phi) is 2.81. The Morgan fingerprint density at radius 2 is 2.31 bits per heavy atom. The van der Waals surface area contributed by atoms with Gasteiger partial charge in [0.25, 0.3) is 0 Å². The van der Waals surface area contributed by atoms with Gasteiger partial charge in [-0.05, 0) is 24.6 Å². The van der Waals surface area contributed by atoms with Gasteiger partial charge in [-0.25, -0.2) is 4.98 Å². The van der Waals surface area contributed by atoms with Gasteiger partial charge in [0.15, 0.2) is 0 Å². The lowest BCUT2D eigenvalue weighted by Gasteiger charge is -2.19. The molecule has 2 heterocycles. The number of nitrogens with zero attached hydrogens (tertiary/aromatic N) is 2. The molecule has 0 unspecified atom stereocenters. The third-order valence-corrected chi connectivity index (χ3v) is 2.43. The molecular formula is C12H15N3O. The molecule has 0 atom stereocenters. The second-order valence-corrected chi connectivity index (χ2v) is 3.90. The highest BCUT2D eigenvalue weighted by atomic mass is 16.3. The Labute approximate surface area is 94.7 Å². The molecule has 2 rings (SSSR count). The van der Waals surface area contributed by atoms with Gasteiger partial charge in [-0.3, -0.25) is 0 Å². The Morgan fingerprint density at radius 1 is 1.50 bits per heavy atom. The standard InChI is InChI=1S/C12H15N3O/c1-9-5-11(13)6-14-12(9)15(2)7-10-3-4-16-8-10/h3-6,8H,7,13H2,1-2H3. The predicted molar refractivity (Wildman–Crippen MR) is 64.2 cm³/mol. The highest BCUT2D eigenvalue weighted by Crippen LogP contribution is 2.19. The van der Waals surface area contributed by atoms with Crippen LogP contribution in [0.4, 0.5) is 11.5 Å². The number of nitrogen functional groups attached to an aromatic ring is 1. The Morgan fingerprint density at radius 3 is 2.94 bits per heavy atom. The smallest absolute Gasteiger partial charge is 0.131 e. The minimum absolute atomic E-state index is 0.693. The fourth-order valence-corrected chi connectivity index (χ4v) is 1.72.